The van der Waals surface area contributed by atoms with Crippen LogP contribution in [0.1, 0.15) is 48.0 Å². The SMILES string of the molecule is Cc1ccc(S(=O)(=O)NC2CC2)cc1C(=O)NC1CS(=O)(=O)CC1N1CCCCC1. The zero-order valence-corrected chi connectivity index (χ0v) is 18.8. The molecule has 0 spiro atoms. The Morgan fingerprint density at radius 1 is 1.10 bits per heavy atom. The van der Waals surface area contributed by atoms with Crippen molar-refractivity contribution >= 4 is 25.8 Å². The number of rotatable bonds is 6. The fourth-order valence-electron chi connectivity index (χ4n) is 4.32. The summed E-state index contributed by atoms with van der Waals surface area (Å²) in [7, 11) is -6.91. The van der Waals surface area contributed by atoms with Crippen LogP contribution in [0.15, 0.2) is 23.1 Å². The number of piperidine rings is 1. The van der Waals surface area contributed by atoms with E-state index in [9.17, 15) is 21.6 Å². The summed E-state index contributed by atoms with van der Waals surface area (Å²) in [5.41, 5.74) is 0.906. The van der Waals surface area contributed by atoms with Gasteiger partial charge >= 0.3 is 0 Å². The predicted octanol–water partition coefficient (Wildman–Crippen LogP) is 0.817. The zero-order chi connectivity index (χ0) is 21.5. The molecule has 3 fully saturated rings. The maximum atomic E-state index is 13.0. The summed E-state index contributed by atoms with van der Waals surface area (Å²) < 4.78 is 52.3. The van der Waals surface area contributed by atoms with Gasteiger partial charge in [0.2, 0.25) is 10.0 Å². The van der Waals surface area contributed by atoms with E-state index in [0.29, 0.717) is 5.56 Å². The first-order valence-electron chi connectivity index (χ1n) is 10.5. The van der Waals surface area contributed by atoms with Gasteiger partial charge in [-0.05, 0) is 63.4 Å². The van der Waals surface area contributed by atoms with Crippen molar-refractivity contribution < 1.29 is 21.6 Å². The normalized spacial score (nSPS) is 27.1. The van der Waals surface area contributed by atoms with Gasteiger partial charge in [0.1, 0.15) is 0 Å². The number of aryl methyl sites for hydroxylation is 1. The molecule has 2 heterocycles. The van der Waals surface area contributed by atoms with Crippen LogP contribution in [0.25, 0.3) is 0 Å². The van der Waals surface area contributed by atoms with Crippen molar-refractivity contribution in [1.82, 2.24) is 14.9 Å². The highest BCUT2D eigenvalue weighted by molar-refractivity contribution is 7.91. The second-order valence-electron chi connectivity index (χ2n) is 8.69. The lowest BCUT2D eigenvalue weighted by molar-refractivity contribution is 0.0899. The van der Waals surface area contributed by atoms with E-state index >= 15 is 0 Å². The number of likely N-dealkylation sites (tertiary alicyclic amines) is 1. The van der Waals surface area contributed by atoms with Crippen molar-refractivity contribution in [1.29, 1.82) is 0 Å². The highest BCUT2D eigenvalue weighted by Gasteiger charge is 2.42. The van der Waals surface area contributed by atoms with E-state index in [1.54, 1.807) is 13.0 Å². The molecule has 4 rings (SSSR count). The molecule has 166 valence electrons. The zero-order valence-electron chi connectivity index (χ0n) is 17.1. The monoisotopic (exact) mass is 455 g/mol. The van der Waals surface area contributed by atoms with E-state index < -0.39 is 31.8 Å². The maximum Gasteiger partial charge on any atom is 0.251 e. The maximum absolute atomic E-state index is 13.0. The number of carbonyl (C=O) groups excluding carboxylic acids is 1. The number of amides is 1. The molecule has 2 N–H and O–H groups in total. The second-order valence-corrected chi connectivity index (χ2v) is 12.6. The van der Waals surface area contributed by atoms with Gasteiger partial charge in [-0.1, -0.05) is 12.5 Å². The Kier molecular flexibility index (Phi) is 5.95. The first kappa shape index (κ1) is 21.7. The summed E-state index contributed by atoms with van der Waals surface area (Å²) in [6.07, 6.45) is 4.86. The average molecular weight is 456 g/mol. The summed E-state index contributed by atoms with van der Waals surface area (Å²) >= 11 is 0. The van der Waals surface area contributed by atoms with Crippen molar-refractivity contribution in [2.24, 2.45) is 0 Å². The standard InChI is InChI=1S/C20H29N3O5S2/c1-14-5-8-16(30(27,28)22-15-6-7-15)11-17(14)20(24)21-18-12-29(25,26)13-19(18)23-9-3-2-4-10-23/h5,8,11,15,18-19,22H,2-4,6-7,9-10,12-13H2,1H3,(H,21,24). The third-order valence-corrected chi connectivity index (χ3v) is 9.40. The van der Waals surface area contributed by atoms with Gasteiger partial charge in [0, 0.05) is 17.6 Å². The molecule has 0 bridgehead atoms. The van der Waals surface area contributed by atoms with Crippen molar-refractivity contribution in [2.75, 3.05) is 24.6 Å². The van der Waals surface area contributed by atoms with Gasteiger partial charge in [0.05, 0.1) is 22.4 Å². The van der Waals surface area contributed by atoms with Crippen molar-refractivity contribution in [2.45, 2.75) is 62.0 Å². The highest BCUT2D eigenvalue weighted by Crippen LogP contribution is 2.25. The molecule has 0 radical (unpaired) electrons. The van der Waals surface area contributed by atoms with Gasteiger partial charge in [-0.25, -0.2) is 21.6 Å². The number of sulfone groups is 1. The minimum absolute atomic E-state index is 0.0254. The quantitative estimate of drug-likeness (QED) is 0.657. The van der Waals surface area contributed by atoms with Crippen molar-refractivity contribution in [3.8, 4) is 0 Å². The van der Waals surface area contributed by atoms with Gasteiger partial charge in [-0.3, -0.25) is 9.69 Å². The second kappa shape index (κ2) is 8.22. The van der Waals surface area contributed by atoms with Gasteiger partial charge < -0.3 is 5.32 Å². The molecule has 1 aromatic carbocycles. The minimum atomic E-state index is -3.68. The van der Waals surface area contributed by atoms with Crippen LogP contribution in [0.5, 0.6) is 0 Å². The lowest BCUT2D eigenvalue weighted by atomic mass is 10.0. The lowest BCUT2D eigenvalue weighted by Crippen LogP contribution is -2.52. The molecule has 30 heavy (non-hydrogen) atoms. The minimum Gasteiger partial charge on any atom is -0.347 e. The molecule has 2 atom stereocenters. The molecule has 2 unspecified atom stereocenters. The van der Waals surface area contributed by atoms with Crippen molar-refractivity contribution in [3.63, 3.8) is 0 Å². The number of nitrogens with zero attached hydrogens (tertiary/aromatic N) is 1. The number of sulfonamides is 1. The molecule has 10 heteroatoms. The molecule has 0 aromatic heterocycles. The van der Waals surface area contributed by atoms with Crippen LogP contribution in [-0.4, -0.2) is 70.4 Å². The molecule has 1 amide bonds. The van der Waals surface area contributed by atoms with Crippen LogP contribution in [0.3, 0.4) is 0 Å². The third kappa shape index (κ3) is 4.87. The summed E-state index contributed by atoms with van der Waals surface area (Å²) in [5.74, 6) is -0.461. The molecule has 2 aliphatic heterocycles. The molecule has 1 aromatic rings. The molecule has 1 aliphatic carbocycles. The first-order valence-corrected chi connectivity index (χ1v) is 13.8. The van der Waals surface area contributed by atoms with Crippen LogP contribution in [0.2, 0.25) is 0 Å². The summed E-state index contributed by atoms with van der Waals surface area (Å²) in [4.78, 5) is 15.3. The lowest BCUT2D eigenvalue weighted by Gasteiger charge is -2.35. The van der Waals surface area contributed by atoms with E-state index in [-0.39, 0.29) is 34.0 Å². The van der Waals surface area contributed by atoms with E-state index in [2.05, 4.69) is 14.9 Å². The summed E-state index contributed by atoms with van der Waals surface area (Å²) in [5, 5.41) is 2.90. The number of nitrogens with one attached hydrogen (secondary N) is 2. The summed E-state index contributed by atoms with van der Waals surface area (Å²) in [6, 6.07) is 3.74. The third-order valence-electron chi connectivity index (χ3n) is 6.16. The Morgan fingerprint density at radius 2 is 1.80 bits per heavy atom. The molecular formula is C20H29N3O5S2. The van der Waals surface area contributed by atoms with Crippen LogP contribution in [-0.2, 0) is 19.9 Å². The smallest absolute Gasteiger partial charge is 0.251 e. The molecule has 8 nitrogen and oxygen atoms in total. The van der Waals surface area contributed by atoms with Crippen LogP contribution >= 0.6 is 0 Å². The topological polar surface area (TPSA) is 113 Å². The Labute approximate surface area is 178 Å². The largest absolute Gasteiger partial charge is 0.347 e. The molecule has 1 saturated carbocycles. The van der Waals surface area contributed by atoms with Gasteiger partial charge in [0.25, 0.3) is 5.91 Å². The fraction of sp³-hybridized carbons (Fsp3) is 0.650. The number of carbonyl (C=O) groups is 1. The van der Waals surface area contributed by atoms with E-state index in [1.165, 1.54) is 12.1 Å². The van der Waals surface area contributed by atoms with Crippen LogP contribution < -0.4 is 10.0 Å². The number of hydrogen-bond donors (Lipinski definition) is 2. The van der Waals surface area contributed by atoms with E-state index in [1.807, 2.05) is 0 Å². The Hall–Kier alpha value is -1.49. The van der Waals surface area contributed by atoms with Crippen LogP contribution in [0.4, 0.5) is 0 Å². The molecule has 2 saturated heterocycles. The van der Waals surface area contributed by atoms with Crippen LogP contribution in [0, 0.1) is 6.92 Å². The highest BCUT2D eigenvalue weighted by atomic mass is 32.2. The Balaban J connectivity index is 1.54. The molecular weight excluding hydrogens is 426 g/mol. The van der Waals surface area contributed by atoms with Crippen molar-refractivity contribution in [3.05, 3.63) is 29.3 Å². The number of benzene rings is 1. The van der Waals surface area contributed by atoms with Gasteiger partial charge in [-0.15, -0.1) is 0 Å². The van der Waals surface area contributed by atoms with Gasteiger partial charge in [0.15, 0.2) is 9.84 Å². The Bertz CT molecular complexity index is 1030. The average Bonchev–Trinajstić information content (AvgIpc) is 3.43. The fourth-order valence-corrected chi connectivity index (χ4v) is 7.61. The summed E-state index contributed by atoms with van der Waals surface area (Å²) in [6.45, 7) is 3.42. The Morgan fingerprint density at radius 3 is 2.47 bits per heavy atom. The van der Waals surface area contributed by atoms with E-state index in [0.717, 1.165) is 45.2 Å². The first-order chi connectivity index (χ1) is 14.1. The van der Waals surface area contributed by atoms with E-state index in [4.69, 9.17) is 0 Å². The molecule has 3 aliphatic rings. The number of hydrogen-bond acceptors (Lipinski definition) is 6. The van der Waals surface area contributed by atoms with Gasteiger partial charge in [-0.2, -0.15) is 0 Å². The predicted molar refractivity (Wildman–Crippen MR) is 114 cm³/mol.